The predicted octanol–water partition coefficient (Wildman–Crippen LogP) is 2.78. The maximum absolute atomic E-state index is 12.3. The molecule has 1 saturated heterocycles. The molecule has 1 aromatic rings. The second kappa shape index (κ2) is 12.5. The van der Waals surface area contributed by atoms with Gasteiger partial charge in [-0.05, 0) is 31.0 Å². The molecule has 158 valence electrons. The number of aliphatic imine (C=N–C) groups is 1. The summed E-state index contributed by atoms with van der Waals surface area (Å²) in [4.78, 5) is 6.95. The summed E-state index contributed by atoms with van der Waals surface area (Å²) in [7, 11) is 1.67. The van der Waals surface area contributed by atoms with Crippen molar-refractivity contribution < 1.29 is 23.0 Å². The number of methoxy groups -OCH3 is 1. The minimum atomic E-state index is -2.48. The molecule has 6 nitrogen and oxygen atoms in total. The van der Waals surface area contributed by atoms with E-state index in [2.05, 4.69) is 10.2 Å². The smallest absolute Gasteiger partial charge is 0.272 e. The Kier molecular flexibility index (Phi) is 9.99. The predicted molar refractivity (Wildman–Crippen MR) is 105 cm³/mol. The van der Waals surface area contributed by atoms with Gasteiger partial charge in [0.2, 0.25) is 0 Å². The van der Waals surface area contributed by atoms with Crippen LogP contribution in [-0.4, -0.2) is 70.5 Å². The molecule has 28 heavy (non-hydrogen) atoms. The first-order valence-electron chi connectivity index (χ1n) is 9.72. The van der Waals surface area contributed by atoms with Gasteiger partial charge in [0.15, 0.2) is 5.96 Å². The molecule has 0 aliphatic carbocycles. The summed E-state index contributed by atoms with van der Waals surface area (Å²) < 4.78 is 40.3. The molecule has 2 rings (SSSR count). The molecule has 8 heteroatoms. The Bertz CT molecular complexity index is 602. The van der Waals surface area contributed by atoms with Crippen molar-refractivity contribution in [2.75, 3.05) is 53.2 Å². The Morgan fingerprint density at radius 1 is 1.36 bits per heavy atom. The molecule has 1 aliphatic heterocycles. The molecule has 1 fully saturated rings. The van der Waals surface area contributed by atoms with E-state index in [9.17, 15) is 8.78 Å². The average molecular weight is 399 g/mol. The number of halogens is 2. The zero-order valence-electron chi connectivity index (χ0n) is 16.7. The quantitative estimate of drug-likeness (QED) is 0.352. The Balaban J connectivity index is 1.89. The lowest BCUT2D eigenvalue weighted by atomic mass is 10.1. The standard InChI is InChI=1S/C20H31F2N3O3/c1-3-23-20(25-8-7-17(13-25)14-27-10-9-26-2)24-12-16-5-4-6-18(11-16)28-15-19(21)22/h4-6,11,17,19H,3,7-10,12-15H2,1-2H3,(H,23,24). The number of hydrogen-bond acceptors (Lipinski definition) is 4. The zero-order chi connectivity index (χ0) is 20.2. The third-order valence-electron chi connectivity index (χ3n) is 4.39. The van der Waals surface area contributed by atoms with Crippen LogP contribution in [0.5, 0.6) is 5.75 Å². The molecule has 0 spiro atoms. The number of benzene rings is 1. The van der Waals surface area contributed by atoms with Crippen LogP contribution in [-0.2, 0) is 16.0 Å². The monoisotopic (exact) mass is 399 g/mol. The number of hydrogen-bond donors (Lipinski definition) is 1. The van der Waals surface area contributed by atoms with E-state index in [0.717, 1.165) is 44.2 Å². The van der Waals surface area contributed by atoms with Gasteiger partial charge in [-0.15, -0.1) is 0 Å². The Labute approximate surface area is 165 Å². The van der Waals surface area contributed by atoms with Crippen LogP contribution in [0.4, 0.5) is 8.78 Å². The van der Waals surface area contributed by atoms with Crippen molar-refractivity contribution >= 4 is 5.96 Å². The van der Waals surface area contributed by atoms with Crippen molar-refractivity contribution in [2.45, 2.75) is 26.3 Å². The fraction of sp³-hybridized carbons (Fsp3) is 0.650. The highest BCUT2D eigenvalue weighted by molar-refractivity contribution is 5.80. The first-order chi connectivity index (χ1) is 13.6. The largest absolute Gasteiger partial charge is 0.488 e. The third-order valence-corrected chi connectivity index (χ3v) is 4.39. The SMILES string of the molecule is CCNC(=NCc1cccc(OCC(F)F)c1)N1CCC(COCCOC)C1. The normalized spacial score (nSPS) is 17.4. The van der Waals surface area contributed by atoms with Crippen LogP contribution in [0.25, 0.3) is 0 Å². The van der Waals surface area contributed by atoms with Crippen LogP contribution < -0.4 is 10.1 Å². The molecular weight excluding hydrogens is 368 g/mol. The van der Waals surface area contributed by atoms with Crippen LogP contribution in [0, 0.1) is 5.92 Å². The van der Waals surface area contributed by atoms with Gasteiger partial charge < -0.3 is 24.4 Å². The highest BCUT2D eigenvalue weighted by atomic mass is 19.3. The van der Waals surface area contributed by atoms with Gasteiger partial charge in [-0.25, -0.2) is 13.8 Å². The van der Waals surface area contributed by atoms with E-state index in [4.69, 9.17) is 19.2 Å². The number of guanidine groups is 1. The highest BCUT2D eigenvalue weighted by Gasteiger charge is 2.24. The van der Waals surface area contributed by atoms with Crippen LogP contribution in [0.1, 0.15) is 18.9 Å². The molecule has 1 aliphatic rings. The van der Waals surface area contributed by atoms with Gasteiger partial charge in [0, 0.05) is 32.7 Å². The lowest BCUT2D eigenvalue weighted by molar-refractivity contribution is 0.0536. The minimum Gasteiger partial charge on any atom is -0.488 e. The number of likely N-dealkylation sites (tertiary alicyclic amines) is 1. The molecule has 1 aromatic carbocycles. The lowest BCUT2D eigenvalue weighted by Gasteiger charge is -2.21. The first-order valence-corrected chi connectivity index (χ1v) is 9.72. The number of rotatable bonds is 11. The van der Waals surface area contributed by atoms with E-state index in [1.807, 2.05) is 13.0 Å². The van der Waals surface area contributed by atoms with Crippen molar-refractivity contribution in [3.8, 4) is 5.75 Å². The number of alkyl halides is 2. The average Bonchev–Trinajstić information content (AvgIpc) is 3.16. The van der Waals surface area contributed by atoms with Crippen molar-refractivity contribution in [1.29, 1.82) is 0 Å². The van der Waals surface area contributed by atoms with Crippen LogP contribution >= 0.6 is 0 Å². The number of nitrogens with one attached hydrogen (secondary N) is 1. The second-order valence-electron chi connectivity index (χ2n) is 6.69. The van der Waals surface area contributed by atoms with E-state index >= 15 is 0 Å². The molecular formula is C20H31F2N3O3. The van der Waals surface area contributed by atoms with Crippen molar-refractivity contribution in [1.82, 2.24) is 10.2 Å². The summed E-state index contributed by atoms with van der Waals surface area (Å²) in [6.45, 7) is 6.46. The highest BCUT2D eigenvalue weighted by Crippen LogP contribution is 2.18. The van der Waals surface area contributed by atoms with E-state index in [1.165, 1.54) is 0 Å². The number of nitrogens with zero attached hydrogens (tertiary/aromatic N) is 2. The van der Waals surface area contributed by atoms with Crippen molar-refractivity contribution in [3.05, 3.63) is 29.8 Å². The summed E-state index contributed by atoms with van der Waals surface area (Å²) in [6, 6.07) is 7.14. The van der Waals surface area contributed by atoms with Gasteiger partial charge in [0.05, 0.1) is 26.4 Å². The summed E-state index contributed by atoms with van der Waals surface area (Å²) in [5.41, 5.74) is 0.917. The van der Waals surface area contributed by atoms with Gasteiger partial charge in [0.1, 0.15) is 12.4 Å². The Hall–Kier alpha value is -1.93. The van der Waals surface area contributed by atoms with E-state index in [0.29, 0.717) is 31.4 Å². The van der Waals surface area contributed by atoms with Gasteiger partial charge in [-0.3, -0.25) is 0 Å². The van der Waals surface area contributed by atoms with Crippen LogP contribution in [0.15, 0.2) is 29.3 Å². The van der Waals surface area contributed by atoms with E-state index < -0.39 is 13.0 Å². The molecule has 1 N–H and O–H groups in total. The summed E-state index contributed by atoms with van der Waals surface area (Å²) >= 11 is 0. The molecule has 1 heterocycles. The van der Waals surface area contributed by atoms with E-state index in [1.54, 1.807) is 25.3 Å². The summed E-state index contributed by atoms with van der Waals surface area (Å²) in [5.74, 6) is 1.78. The van der Waals surface area contributed by atoms with Gasteiger partial charge in [0.25, 0.3) is 6.43 Å². The number of ether oxygens (including phenoxy) is 3. The minimum absolute atomic E-state index is 0.437. The van der Waals surface area contributed by atoms with Gasteiger partial charge in [-0.2, -0.15) is 0 Å². The topological polar surface area (TPSA) is 55.3 Å². The fourth-order valence-corrected chi connectivity index (χ4v) is 3.04. The molecule has 1 atom stereocenters. The Morgan fingerprint density at radius 3 is 2.96 bits per heavy atom. The van der Waals surface area contributed by atoms with E-state index in [-0.39, 0.29) is 0 Å². The van der Waals surface area contributed by atoms with Gasteiger partial charge in [-0.1, -0.05) is 12.1 Å². The maximum atomic E-state index is 12.3. The molecule has 0 radical (unpaired) electrons. The molecule has 1 unspecified atom stereocenters. The Morgan fingerprint density at radius 2 is 2.21 bits per heavy atom. The summed E-state index contributed by atoms with van der Waals surface area (Å²) in [5, 5.41) is 3.33. The zero-order valence-corrected chi connectivity index (χ0v) is 16.7. The molecule has 0 aromatic heterocycles. The molecule has 0 amide bonds. The van der Waals surface area contributed by atoms with Crippen LogP contribution in [0.2, 0.25) is 0 Å². The van der Waals surface area contributed by atoms with Gasteiger partial charge >= 0.3 is 0 Å². The molecule has 0 saturated carbocycles. The third kappa shape index (κ3) is 7.98. The molecule has 0 bridgehead atoms. The first kappa shape index (κ1) is 22.4. The second-order valence-corrected chi connectivity index (χ2v) is 6.69. The van der Waals surface area contributed by atoms with Crippen molar-refractivity contribution in [2.24, 2.45) is 10.9 Å². The maximum Gasteiger partial charge on any atom is 0.272 e. The fourth-order valence-electron chi connectivity index (χ4n) is 3.04. The lowest BCUT2D eigenvalue weighted by Crippen LogP contribution is -2.40. The van der Waals surface area contributed by atoms with Crippen molar-refractivity contribution in [3.63, 3.8) is 0 Å². The van der Waals surface area contributed by atoms with Crippen LogP contribution in [0.3, 0.4) is 0 Å². The summed E-state index contributed by atoms with van der Waals surface area (Å²) in [6.07, 6.45) is -1.42.